The zero-order valence-corrected chi connectivity index (χ0v) is 11.9. The predicted octanol–water partition coefficient (Wildman–Crippen LogP) is 3.79. The molecule has 90 valence electrons. The fraction of sp³-hybridized carbons (Fsp3) is 0.500. The maximum Gasteiger partial charge on any atom is 0.0657 e. The lowest BCUT2D eigenvalue weighted by atomic mass is 10.1. The molecule has 0 radical (unpaired) electrons. The molecule has 0 aliphatic heterocycles. The molecule has 1 aromatic rings. The van der Waals surface area contributed by atoms with Gasteiger partial charge in [0.1, 0.15) is 0 Å². The van der Waals surface area contributed by atoms with Gasteiger partial charge in [0.15, 0.2) is 0 Å². The first-order valence-electron chi connectivity index (χ1n) is 5.35. The van der Waals surface area contributed by atoms with Crippen molar-refractivity contribution in [1.29, 1.82) is 0 Å². The summed E-state index contributed by atoms with van der Waals surface area (Å²) in [5.74, 6) is 0. The monoisotopic (exact) mass is 305 g/mol. The van der Waals surface area contributed by atoms with E-state index in [2.05, 4.69) is 34.2 Å². The standard InChI is InChI=1S/C12H17BrClNO/c1-3-4-15-12(8-16-2)9-5-10(13)7-11(14)6-9/h5-7,12,15H,3-4,8H2,1-2H3. The van der Waals surface area contributed by atoms with Crippen LogP contribution in [0.1, 0.15) is 24.9 Å². The second-order valence-corrected chi connectivity index (χ2v) is 5.02. The topological polar surface area (TPSA) is 21.3 Å². The zero-order valence-electron chi connectivity index (χ0n) is 9.59. The maximum atomic E-state index is 6.03. The summed E-state index contributed by atoms with van der Waals surface area (Å²) in [5, 5.41) is 4.18. The van der Waals surface area contributed by atoms with Crippen LogP contribution in [-0.2, 0) is 4.74 Å². The van der Waals surface area contributed by atoms with Crippen LogP contribution in [-0.4, -0.2) is 20.3 Å². The minimum atomic E-state index is 0.194. The van der Waals surface area contributed by atoms with E-state index >= 15 is 0 Å². The van der Waals surface area contributed by atoms with E-state index in [1.54, 1.807) is 7.11 Å². The van der Waals surface area contributed by atoms with Gasteiger partial charge in [-0.3, -0.25) is 0 Å². The molecule has 0 amide bonds. The summed E-state index contributed by atoms with van der Waals surface area (Å²) in [7, 11) is 1.71. The molecular weight excluding hydrogens is 289 g/mol. The van der Waals surface area contributed by atoms with Gasteiger partial charge in [0.05, 0.1) is 12.6 Å². The normalized spacial score (nSPS) is 12.8. The summed E-state index contributed by atoms with van der Waals surface area (Å²) < 4.78 is 6.21. The van der Waals surface area contributed by atoms with Crippen LogP contribution in [0.4, 0.5) is 0 Å². The van der Waals surface area contributed by atoms with Gasteiger partial charge in [0.2, 0.25) is 0 Å². The lowest BCUT2D eigenvalue weighted by molar-refractivity contribution is 0.167. The smallest absolute Gasteiger partial charge is 0.0657 e. The quantitative estimate of drug-likeness (QED) is 0.863. The molecule has 0 bridgehead atoms. The van der Waals surface area contributed by atoms with Gasteiger partial charge in [-0.15, -0.1) is 0 Å². The van der Waals surface area contributed by atoms with E-state index in [0.717, 1.165) is 28.0 Å². The van der Waals surface area contributed by atoms with Gasteiger partial charge < -0.3 is 10.1 Å². The van der Waals surface area contributed by atoms with Crippen LogP contribution in [0.5, 0.6) is 0 Å². The molecule has 2 nitrogen and oxygen atoms in total. The lowest BCUT2D eigenvalue weighted by Gasteiger charge is -2.18. The Labute approximate surface area is 110 Å². The van der Waals surface area contributed by atoms with Crippen LogP contribution in [0.25, 0.3) is 0 Å². The number of hydrogen-bond donors (Lipinski definition) is 1. The van der Waals surface area contributed by atoms with Crippen LogP contribution >= 0.6 is 27.5 Å². The summed E-state index contributed by atoms with van der Waals surface area (Å²) in [5.41, 5.74) is 1.15. The van der Waals surface area contributed by atoms with Crippen molar-refractivity contribution >= 4 is 27.5 Å². The van der Waals surface area contributed by atoms with E-state index in [9.17, 15) is 0 Å². The Hall–Kier alpha value is -0.0900. The SMILES string of the molecule is CCCNC(COC)c1cc(Cl)cc(Br)c1. The molecule has 1 N–H and O–H groups in total. The van der Waals surface area contributed by atoms with Crippen molar-refractivity contribution in [3.8, 4) is 0 Å². The molecule has 1 rings (SSSR count). The van der Waals surface area contributed by atoms with Gasteiger partial charge in [-0.2, -0.15) is 0 Å². The molecule has 0 aliphatic rings. The largest absolute Gasteiger partial charge is 0.383 e. The fourth-order valence-corrected chi connectivity index (χ4v) is 2.42. The Bertz CT molecular complexity index is 313. The first-order chi connectivity index (χ1) is 7.67. The van der Waals surface area contributed by atoms with Crippen molar-refractivity contribution in [2.24, 2.45) is 0 Å². The van der Waals surface area contributed by atoms with Crippen LogP contribution in [0.2, 0.25) is 5.02 Å². The molecule has 16 heavy (non-hydrogen) atoms. The second kappa shape index (κ2) is 7.28. The predicted molar refractivity (Wildman–Crippen MR) is 72.1 cm³/mol. The lowest BCUT2D eigenvalue weighted by Crippen LogP contribution is -2.25. The molecule has 1 aromatic carbocycles. The van der Waals surface area contributed by atoms with E-state index in [-0.39, 0.29) is 6.04 Å². The molecule has 0 fully saturated rings. The highest BCUT2D eigenvalue weighted by Crippen LogP contribution is 2.24. The Morgan fingerprint density at radius 1 is 1.44 bits per heavy atom. The van der Waals surface area contributed by atoms with Crippen molar-refractivity contribution < 1.29 is 4.74 Å². The van der Waals surface area contributed by atoms with Crippen LogP contribution in [0.3, 0.4) is 0 Å². The van der Waals surface area contributed by atoms with Crippen molar-refractivity contribution in [2.75, 3.05) is 20.3 Å². The van der Waals surface area contributed by atoms with Gasteiger partial charge >= 0.3 is 0 Å². The van der Waals surface area contributed by atoms with Crippen LogP contribution in [0.15, 0.2) is 22.7 Å². The molecule has 0 aliphatic carbocycles. The summed E-state index contributed by atoms with van der Waals surface area (Å²) in [6.45, 7) is 3.76. The molecular formula is C12H17BrClNO. The minimum absolute atomic E-state index is 0.194. The highest BCUT2D eigenvalue weighted by Gasteiger charge is 2.11. The summed E-state index contributed by atoms with van der Waals surface area (Å²) in [6.07, 6.45) is 1.10. The Kier molecular flexibility index (Phi) is 6.36. The van der Waals surface area contributed by atoms with Gasteiger partial charge in [-0.1, -0.05) is 34.5 Å². The molecule has 0 saturated carbocycles. The second-order valence-electron chi connectivity index (χ2n) is 3.66. The highest BCUT2D eigenvalue weighted by atomic mass is 79.9. The van der Waals surface area contributed by atoms with E-state index < -0.39 is 0 Å². The Morgan fingerprint density at radius 3 is 2.75 bits per heavy atom. The summed E-state index contributed by atoms with van der Waals surface area (Å²) >= 11 is 9.48. The van der Waals surface area contributed by atoms with Crippen molar-refractivity contribution in [3.05, 3.63) is 33.3 Å². The average Bonchev–Trinajstić information content (AvgIpc) is 2.22. The third kappa shape index (κ3) is 4.42. The third-order valence-corrected chi connectivity index (χ3v) is 2.94. The number of methoxy groups -OCH3 is 1. The third-order valence-electron chi connectivity index (χ3n) is 2.26. The van der Waals surface area contributed by atoms with Gasteiger partial charge in [-0.25, -0.2) is 0 Å². The average molecular weight is 307 g/mol. The first-order valence-corrected chi connectivity index (χ1v) is 6.52. The number of benzene rings is 1. The van der Waals surface area contributed by atoms with E-state index in [1.807, 2.05) is 12.1 Å². The van der Waals surface area contributed by atoms with Crippen molar-refractivity contribution in [2.45, 2.75) is 19.4 Å². The molecule has 1 unspecified atom stereocenters. The van der Waals surface area contributed by atoms with Crippen molar-refractivity contribution in [1.82, 2.24) is 5.32 Å². The summed E-state index contributed by atoms with van der Waals surface area (Å²) in [4.78, 5) is 0. The number of nitrogens with one attached hydrogen (secondary N) is 1. The van der Waals surface area contributed by atoms with E-state index in [4.69, 9.17) is 16.3 Å². The van der Waals surface area contributed by atoms with E-state index in [0.29, 0.717) is 6.61 Å². The number of halogens is 2. The van der Waals surface area contributed by atoms with Crippen LogP contribution in [0, 0.1) is 0 Å². The van der Waals surface area contributed by atoms with E-state index in [1.165, 1.54) is 0 Å². The first kappa shape index (κ1) is 14.0. The number of rotatable bonds is 6. The Balaban J connectivity index is 2.82. The zero-order chi connectivity index (χ0) is 12.0. The molecule has 0 spiro atoms. The maximum absolute atomic E-state index is 6.03. The fourth-order valence-electron chi connectivity index (χ4n) is 1.53. The number of hydrogen-bond acceptors (Lipinski definition) is 2. The number of ether oxygens (including phenoxy) is 1. The molecule has 4 heteroatoms. The molecule has 0 aromatic heterocycles. The molecule has 0 saturated heterocycles. The van der Waals surface area contributed by atoms with Crippen molar-refractivity contribution in [3.63, 3.8) is 0 Å². The Morgan fingerprint density at radius 2 is 2.19 bits per heavy atom. The van der Waals surface area contributed by atoms with Gasteiger partial charge in [-0.05, 0) is 36.7 Å². The van der Waals surface area contributed by atoms with Gasteiger partial charge in [0, 0.05) is 16.6 Å². The summed E-state index contributed by atoms with van der Waals surface area (Å²) in [6, 6.07) is 6.12. The molecule has 0 heterocycles. The highest BCUT2D eigenvalue weighted by molar-refractivity contribution is 9.10. The van der Waals surface area contributed by atoms with Crippen LogP contribution < -0.4 is 5.32 Å². The molecule has 1 atom stereocenters. The minimum Gasteiger partial charge on any atom is -0.383 e. The van der Waals surface area contributed by atoms with Gasteiger partial charge in [0.25, 0.3) is 0 Å².